The molecule has 0 aliphatic heterocycles. The van der Waals surface area contributed by atoms with Crippen LogP contribution < -0.4 is 15.4 Å². The number of hydrogen-bond acceptors (Lipinski definition) is 5. The third-order valence-electron chi connectivity index (χ3n) is 3.74. The highest BCUT2D eigenvalue weighted by Gasteiger charge is 2.19. The number of rotatable bonds is 6. The number of halogens is 1. The van der Waals surface area contributed by atoms with Crippen molar-refractivity contribution < 1.29 is 14.3 Å². The van der Waals surface area contributed by atoms with E-state index >= 15 is 0 Å². The Bertz CT molecular complexity index is 754. The molecule has 3 N–H and O–H groups in total. The molecule has 7 nitrogen and oxygen atoms in total. The first-order chi connectivity index (χ1) is 12.3. The van der Waals surface area contributed by atoms with Crippen LogP contribution in [-0.4, -0.2) is 29.7 Å². The van der Waals surface area contributed by atoms with Gasteiger partial charge in [0.25, 0.3) is 0 Å². The first-order valence-electron chi connectivity index (χ1n) is 8.66. The van der Waals surface area contributed by atoms with Crippen LogP contribution in [0.25, 0.3) is 0 Å². The number of hydrogen-bond donors (Lipinski definition) is 3. The van der Waals surface area contributed by atoms with Crippen LogP contribution in [0.2, 0.25) is 0 Å². The van der Waals surface area contributed by atoms with E-state index in [1.165, 1.54) is 0 Å². The summed E-state index contributed by atoms with van der Waals surface area (Å²) in [5.41, 5.74) is 0.612. The molecule has 2 aromatic rings. The normalized spacial score (nSPS) is 11.7. The zero-order valence-corrected chi connectivity index (χ0v) is 18.8. The fourth-order valence-corrected chi connectivity index (χ4v) is 2.22. The number of phenolic OH excluding ortho intramolecular Hbond substituents is 1. The van der Waals surface area contributed by atoms with Crippen molar-refractivity contribution in [2.24, 2.45) is 4.99 Å². The van der Waals surface area contributed by atoms with Crippen LogP contribution in [0.4, 0.5) is 0 Å². The number of methoxy groups -OCH3 is 1. The third kappa shape index (κ3) is 6.93. The second-order valence-electron chi connectivity index (χ2n) is 6.91. The van der Waals surface area contributed by atoms with Crippen LogP contribution in [0.1, 0.15) is 44.9 Å². The van der Waals surface area contributed by atoms with Crippen molar-refractivity contribution in [3.63, 3.8) is 0 Å². The monoisotopic (exact) mass is 488 g/mol. The Morgan fingerprint density at radius 2 is 2.04 bits per heavy atom. The molecule has 150 valence electrons. The van der Waals surface area contributed by atoms with Crippen LogP contribution in [0.15, 0.2) is 33.8 Å². The fourth-order valence-electron chi connectivity index (χ4n) is 2.22. The lowest BCUT2D eigenvalue weighted by Crippen LogP contribution is -2.36. The highest BCUT2D eigenvalue weighted by Crippen LogP contribution is 2.24. The maximum Gasteiger partial charge on any atom is 0.213 e. The van der Waals surface area contributed by atoms with Crippen molar-refractivity contribution in [1.29, 1.82) is 0 Å². The van der Waals surface area contributed by atoms with Gasteiger partial charge in [-0.05, 0) is 25.1 Å². The molecule has 8 heteroatoms. The summed E-state index contributed by atoms with van der Waals surface area (Å²) in [4.78, 5) is 8.80. The average Bonchev–Trinajstić information content (AvgIpc) is 3.08. The number of aromatic hydroxyl groups is 1. The Morgan fingerprint density at radius 1 is 1.30 bits per heavy atom. The van der Waals surface area contributed by atoms with E-state index in [2.05, 4.69) is 41.4 Å². The maximum atomic E-state index is 9.97. The molecule has 0 amide bonds. The quantitative estimate of drug-likeness (QED) is 0.327. The van der Waals surface area contributed by atoms with Crippen molar-refractivity contribution in [1.82, 2.24) is 15.6 Å². The van der Waals surface area contributed by atoms with E-state index < -0.39 is 0 Å². The molecule has 0 saturated heterocycles. The summed E-state index contributed by atoms with van der Waals surface area (Å²) in [7, 11) is 1.59. The molecule has 0 unspecified atom stereocenters. The summed E-state index contributed by atoms with van der Waals surface area (Å²) >= 11 is 0. The Labute approximate surface area is 177 Å². The van der Waals surface area contributed by atoms with E-state index in [1.54, 1.807) is 31.5 Å². The molecule has 1 aromatic carbocycles. The van der Waals surface area contributed by atoms with Gasteiger partial charge >= 0.3 is 0 Å². The standard InChI is InChI=1S/C19H28N4O3.HI/c1-6-20-18(22-10-13-9-14(25-5)7-8-15(13)24)23-12-17-21-11-16(26-17)19(2,3)4;/h7-9,11,24H,6,10,12H2,1-5H3,(H2,20,22,23);1H. The number of nitrogens with zero attached hydrogens (tertiary/aromatic N) is 2. The lowest BCUT2D eigenvalue weighted by molar-refractivity contribution is 0.379. The summed E-state index contributed by atoms with van der Waals surface area (Å²) < 4.78 is 11.0. The van der Waals surface area contributed by atoms with Gasteiger partial charge in [-0.15, -0.1) is 24.0 Å². The number of aromatic nitrogens is 1. The van der Waals surface area contributed by atoms with Gasteiger partial charge in [-0.2, -0.15) is 0 Å². The van der Waals surface area contributed by atoms with Gasteiger partial charge in [0.1, 0.15) is 17.3 Å². The molecule has 0 fully saturated rings. The second-order valence-corrected chi connectivity index (χ2v) is 6.91. The molecule has 2 rings (SSSR count). The van der Waals surface area contributed by atoms with E-state index in [1.807, 2.05) is 6.92 Å². The van der Waals surface area contributed by atoms with E-state index in [0.29, 0.717) is 36.3 Å². The van der Waals surface area contributed by atoms with Gasteiger partial charge in [-0.1, -0.05) is 20.8 Å². The number of benzene rings is 1. The Hall–Kier alpha value is -1.97. The zero-order chi connectivity index (χ0) is 19.2. The molecule has 0 spiro atoms. The summed E-state index contributed by atoms with van der Waals surface area (Å²) in [5, 5.41) is 16.3. The van der Waals surface area contributed by atoms with E-state index in [4.69, 9.17) is 9.15 Å². The molecule has 0 atom stereocenters. The summed E-state index contributed by atoms with van der Waals surface area (Å²) in [5.74, 6) is 2.93. The van der Waals surface area contributed by atoms with Gasteiger partial charge in [0, 0.05) is 17.5 Å². The first kappa shape index (κ1) is 23.1. The number of oxazole rings is 1. The number of ether oxygens (including phenoxy) is 1. The second kappa shape index (κ2) is 10.4. The average molecular weight is 488 g/mol. The van der Waals surface area contributed by atoms with E-state index in [-0.39, 0.29) is 35.1 Å². The third-order valence-corrected chi connectivity index (χ3v) is 3.74. The smallest absolute Gasteiger partial charge is 0.213 e. The largest absolute Gasteiger partial charge is 0.508 e. The van der Waals surface area contributed by atoms with Gasteiger partial charge < -0.3 is 24.9 Å². The predicted octanol–water partition coefficient (Wildman–Crippen LogP) is 3.56. The number of guanidine groups is 1. The molecular formula is C19H29IN4O3. The van der Waals surface area contributed by atoms with Crippen molar-refractivity contribution >= 4 is 29.9 Å². The highest BCUT2D eigenvalue weighted by atomic mass is 127. The maximum absolute atomic E-state index is 9.97. The summed E-state index contributed by atoms with van der Waals surface area (Å²) in [6.45, 7) is 9.69. The lowest BCUT2D eigenvalue weighted by Gasteiger charge is -2.13. The van der Waals surface area contributed by atoms with Crippen molar-refractivity contribution in [3.05, 3.63) is 41.6 Å². The predicted molar refractivity (Wildman–Crippen MR) is 117 cm³/mol. The Balaban J connectivity index is 0.00000364. The SMILES string of the molecule is CCNC(=NCc1cc(OC)ccc1O)NCc1ncc(C(C)(C)C)o1.I. The first-order valence-corrected chi connectivity index (χ1v) is 8.66. The summed E-state index contributed by atoms with van der Waals surface area (Å²) in [6.07, 6.45) is 1.76. The Morgan fingerprint density at radius 3 is 2.63 bits per heavy atom. The molecule has 0 aliphatic carbocycles. The van der Waals surface area contributed by atoms with Crippen molar-refractivity contribution in [2.45, 2.75) is 46.2 Å². The minimum absolute atomic E-state index is 0. The molecule has 1 aromatic heterocycles. The lowest BCUT2D eigenvalue weighted by atomic mass is 9.94. The van der Waals surface area contributed by atoms with Crippen LogP contribution >= 0.6 is 24.0 Å². The van der Waals surface area contributed by atoms with Gasteiger partial charge in [0.15, 0.2) is 5.96 Å². The minimum Gasteiger partial charge on any atom is -0.508 e. The van der Waals surface area contributed by atoms with Crippen LogP contribution in [-0.2, 0) is 18.5 Å². The number of phenols is 1. The summed E-state index contributed by atoms with van der Waals surface area (Å²) in [6, 6.07) is 5.08. The van der Waals surface area contributed by atoms with Gasteiger partial charge in [-0.3, -0.25) is 0 Å². The van der Waals surface area contributed by atoms with Gasteiger partial charge in [0.2, 0.25) is 5.89 Å². The minimum atomic E-state index is -0.0757. The molecule has 0 aliphatic rings. The molecule has 0 radical (unpaired) electrons. The number of aliphatic imine (C=N–C) groups is 1. The molecular weight excluding hydrogens is 459 g/mol. The molecule has 1 heterocycles. The van der Waals surface area contributed by atoms with E-state index in [9.17, 15) is 5.11 Å². The molecule has 27 heavy (non-hydrogen) atoms. The number of nitrogens with one attached hydrogen (secondary N) is 2. The molecule has 0 bridgehead atoms. The van der Waals surface area contributed by atoms with Gasteiger partial charge in [-0.25, -0.2) is 9.98 Å². The topological polar surface area (TPSA) is 91.9 Å². The van der Waals surface area contributed by atoms with Crippen molar-refractivity contribution in [3.8, 4) is 11.5 Å². The van der Waals surface area contributed by atoms with Crippen LogP contribution in [0.3, 0.4) is 0 Å². The van der Waals surface area contributed by atoms with Crippen LogP contribution in [0, 0.1) is 0 Å². The Kier molecular flexibility index (Phi) is 8.87. The fraction of sp³-hybridized carbons (Fsp3) is 0.474. The highest BCUT2D eigenvalue weighted by molar-refractivity contribution is 14.0. The van der Waals surface area contributed by atoms with Gasteiger partial charge in [0.05, 0.1) is 26.4 Å². The van der Waals surface area contributed by atoms with E-state index in [0.717, 1.165) is 12.3 Å². The van der Waals surface area contributed by atoms with Crippen LogP contribution in [0.5, 0.6) is 11.5 Å². The van der Waals surface area contributed by atoms with Crippen molar-refractivity contribution in [2.75, 3.05) is 13.7 Å². The molecule has 0 saturated carbocycles. The zero-order valence-electron chi connectivity index (χ0n) is 16.5.